The van der Waals surface area contributed by atoms with Gasteiger partial charge in [-0.3, -0.25) is 0 Å². The second-order valence-corrected chi connectivity index (χ2v) is 2.62. The van der Waals surface area contributed by atoms with Crippen molar-refractivity contribution in [3.63, 3.8) is 0 Å². The monoisotopic (exact) mass is 164 g/mol. The number of hydrogen-bond donors (Lipinski definition) is 0. The molecule has 1 nitrogen and oxygen atoms in total. The Bertz CT molecular complexity index is 46.5. The van der Waals surface area contributed by atoms with Gasteiger partial charge in [0.25, 0.3) is 0 Å². The van der Waals surface area contributed by atoms with E-state index in [0.29, 0.717) is 0 Å². The molecule has 7 heavy (non-hydrogen) atoms. The average molecular weight is 165 g/mol. The first-order chi connectivity index (χ1) is 3.06. The first kappa shape index (κ1) is 7.44. The lowest BCUT2D eigenvalue weighted by molar-refractivity contribution is 0.0646. The summed E-state index contributed by atoms with van der Waals surface area (Å²) >= 11 is 2.91. The quantitative estimate of drug-likeness (QED) is 0.578. The molecule has 0 fully saturated rings. The Morgan fingerprint density at radius 2 is 1.86 bits per heavy atom. The van der Waals surface area contributed by atoms with Crippen molar-refractivity contribution in [1.29, 1.82) is 0 Å². The normalized spacial score (nSPS) is 12.0. The number of halogens is 1. The molecule has 0 aromatic heterocycles. The van der Waals surface area contributed by atoms with E-state index in [4.69, 9.17) is 4.74 Å². The van der Waals surface area contributed by atoms with Gasteiger partial charge >= 0.3 is 0 Å². The van der Waals surface area contributed by atoms with Gasteiger partial charge in [0.05, 0.1) is 5.60 Å². The Hall–Kier alpha value is 0.440. The maximum atomic E-state index is 4.90. The highest BCUT2D eigenvalue weighted by Crippen LogP contribution is 2.09. The van der Waals surface area contributed by atoms with Crippen LogP contribution >= 0.6 is 15.9 Å². The van der Waals surface area contributed by atoms with E-state index in [9.17, 15) is 0 Å². The molecule has 42 valence electrons. The average Bonchev–Trinajstić information content (AvgIpc) is 1.30. The summed E-state index contributed by atoms with van der Waals surface area (Å²) in [5.41, 5.74) is 2.31. The van der Waals surface area contributed by atoms with Crippen LogP contribution in [0, 0.1) is 5.52 Å². The predicted octanol–water partition coefficient (Wildman–Crippen LogP) is 2.19. The van der Waals surface area contributed by atoms with Crippen LogP contribution in [-0.2, 0) is 4.74 Å². The maximum absolute atomic E-state index is 4.90. The Labute approximate surface area is 53.2 Å². The molecule has 0 amide bonds. The zero-order valence-corrected chi connectivity index (χ0v) is 6.37. The van der Waals surface area contributed by atoms with Crippen molar-refractivity contribution in [3.05, 3.63) is 5.52 Å². The predicted molar refractivity (Wildman–Crippen MR) is 33.0 cm³/mol. The first-order valence-corrected chi connectivity index (χ1v) is 2.89. The largest absolute Gasteiger partial charge is 0.350 e. The molecule has 0 aromatic carbocycles. The van der Waals surface area contributed by atoms with Crippen LogP contribution < -0.4 is 0 Å². The van der Waals surface area contributed by atoms with E-state index < -0.39 is 0 Å². The van der Waals surface area contributed by atoms with Crippen LogP contribution in [0.2, 0.25) is 0 Å². The highest BCUT2D eigenvalue weighted by molar-refractivity contribution is 9.10. The standard InChI is InChI=1S/C5H9BrO/c1-5(2,3)7-4-6/h1-3H3. The second-order valence-electron chi connectivity index (χ2n) is 2.29. The van der Waals surface area contributed by atoms with Gasteiger partial charge in [0, 0.05) is 0 Å². The molecule has 0 saturated heterocycles. The summed E-state index contributed by atoms with van der Waals surface area (Å²) in [5, 5.41) is 0. The van der Waals surface area contributed by atoms with Crippen LogP contribution in [0.25, 0.3) is 0 Å². The minimum Gasteiger partial charge on any atom is -0.350 e. The van der Waals surface area contributed by atoms with E-state index in [0.717, 1.165) is 0 Å². The molecule has 0 aromatic rings. The van der Waals surface area contributed by atoms with Crippen LogP contribution in [0.3, 0.4) is 0 Å². The summed E-state index contributed by atoms with van der Waals surface area (Å²) in [5.74, 6) is 0. The summed E-state index contributed by atoms with van der Waals surface area (Å²) in [4.78, 5) is 0. The molecular formula is C5H9BrO. The molecule has 0 aliphatic heterocycles. The van der Waals surface area contributed by atoms with Gasteiger partial charge in [-0.1, -0.05) is 0 Å². The fourth-order valence-electron chi connectivity index (χ4n) is 0.116. The van der Waals surface area contributed by atoms with E-state index in [-0.39, 0.29) is 5.60 Å². The molecule has 0 spiro atoms. The van der Waals surface area contributed by atoms with E-state index in [1.54, 1.807) is 0 Å². The Morgan fingerprint density at radius 1 is 1.43 bits per heavy atom. The van der Waals surface area contributed by atoms with Gasteiger partial charge in [-0.05, 0) is 36.7 Å². The van der Waals surface area contributed by atoms with Crippen molar-refractivity contribution in [2.45, 2.75) is 26.4 Å². The molecule has 0 atom stereocenters. The number of rotatable bonds is 1. The fourth-order valence-corrected chi connectivity index (χ4v) is 0.601. The third-order valence-corrected chi connectivity index (χ3v) is 0.507. The molecule has 0 saturated carbocycles. The molecule has 0 bridgehead atoms. The van der Waals surface area contributed by atoms with E-state index in [1.165, 1.54) is 0 Å². The van der Waals surface area contributed by atoms with Crippen LogP contribution in [0.5, 0.6) is 0 Å². The molecule has 0 aliphatic rings. The summed E-state index contributed by atoms with van der Waals surface area (Å²) < 4.78 is 4.90. The van der Waals surface area contributed by atoms with Gasteiger partial charge in [-0.25, -0.2) is 0 Å². The zero-order valence-electron chi connectivity index (χ0n) is 4.79. The van der Waals surface area contributed by atoms with E-state index in [1.807, 2.05) is 20.8 Å². The molecule has 0 rings (SSSR count). The maximum Gasteiger partial charge on any atom is 0.208 e. The molecule has 2 heteroatoms. The van der Waals surface area contributed by atoms with Crippen molar-refractivity contribution in [3.8, 4) is 0 Å². The smallest absolute Gasteiger partial charge is 0.208 e. The first-order valence-electron chi connectivity index (χ1n) is 2.10. The molecule has 0 unspecified atom stereocenters. The van der Waals surface area contributed by atoms with Crippen LogP contribution in [-0.4, -0.2) is 5.60 Å². The molecule has 0 heterocycles. The Morgan fingerprint density at radius 3 is 1.86 bits per heavy atom. The molecule has 0 aliphatic carbocycles. The molecule has 2 radical (unpaired) electrons. The Balaban J connectivity index is 3.15. The van der Waals surface area contributed by atoms with Crippen molar-refractivity contribution >= 4 is 15.9 Å². The van der Waals surface area contributed by atoms with Crippen molar-refractivity contribution < 1.29 is 4.74 Å². The van der Waals surface area contributed by atoms with Crippen LogP contribution in [0.1, 0.15) is 20.8 Å². The molecular weight excluding hydrogens is 156 g/mol. The van der Waals surface area contributed by atoms with Gasteiger partial charge < -0.3 is 4.74 Å². The van der Waals surface area contributed by atoms with Gasteiger partial charge in [0.1, 0.15) is 0 Å². The highest BCUT2D eigenvalue weighted by atomic mass is 79.9. The van der Waals surface area contributed by atoms with E-state index >= 15 is 0 Å². The fraction of sp³-hybridized carbons (Fsp3) is 0.800. The molecule has 0 N–H and O–H groups in total. The number of ether oxygens (including phenoxy) is 1. The SMILES string of the molecule is CC(C)(C)O[C]Br. The Kier molecular flexibility index (Phi) is 2.84. The zero-order chi connectivity index (χ0) is 5.91. The van der Waals surface area contributed by atoms with Gasteiger partial charge in [0.2, 0.25) is 5.52 Å². The summed E-state index contributed by atoms with van der Waals surface area (Å²) in [7, 11) is 0. The summed E-state index contributed by atoms with van der Waals surface area (Å²) in [6.07, 6.45) is 0. The summed E-state index contributed by atoms with van der Waals surface area (Å²) in [6, 6.07) is 0. The summed E-state index contributed by atoms with van der Waals surface area (Å²) in [6.45, 7) is 5.88. The van der Waals surface area contributed by atoms with Crippen LogP contribution in [0.4, 0.5) is 0 Å². The lowest BCUT2D eigenvalue weighted by atomic mass is 10.2. The van der Waals surface area contributed by atoms with Crippen LogP contribution in [0.15, 0.2) is 0 Å². The van der Waals surface area contributed by atoms with Gasteiger partial charge in [-0.2, -0.15) is 0 Å². The number of hydrogen-bond acceptors (Lipinski definition) is 1. The highest BCUT2D eigenvalue weighted by Gasteiger charge is 2.07. The third kappa shape index (κ3) is 6.44. The lowest BCUT2D eigenvalue weighted by Gasteiger charge is -2.15. The second kappa shape index (κ2) is 2.68. The van der Waals surface area contributed by atoms with Gasteiger partial charge in [-0.15, -0.1) is 0 Å². The lowest BCUT2D eigenvalue weighted by Crippen LogP contribution is -2.15. The third-order valence-electron chi connectivity index (χ3n) is 0.345. The topological polar surface area (TPSA) is 9.23 Å². The van der Waals surface area contributed by atoms with Crippen molar-refractivity contribution in [2.75, 3.05) is 0 Å². The minimum atomic E-state index is -0.108. The van der Waals surface area contributed by atoms with Gasteiger partial charge in [0.15, 0.2) is 0 Å². The van der Waals surface area contributed by atoms with E-state index in [2.05, 4.69) is 21.4 Å². The minimum absolute atomic E-state index is 0.108. The van der Waals surface area contributed by atoms with Crippen molar-refractivity contribution in [1.82, 2.24) is 0 Å². The van der Waals surface area contributed by atoms with Crippen molar-refractivity contribution in [2.24, 2.45) is 0 Å².